The molecule has 0 atom stereocenters. The second kappa shape index (κ2) is 4.10. The van der Waals surface area contributed by atoms with E-state index in [4.69, 9.17) is 0 Å². The fourth-order valence-electron chi connectivity index (χ4n) is 1.80. The van der Waals surface area contributed by atoms with Crippen molar-refractivity contribution in [3.8, 4) is 0 Å². The van der Waals surface area contributed by atoms with E-state index < -0.39 is 0 Å². The number of carbonyl (C=O) groups excluding carboxylic acids is 1. The van der Waals surface area contributed by atoms with Crippen LogP contribution in [0.2, 0.25) is 0 Å². The molecule has 0 amide bonds. The number of aldehydes is 1. The normalized spacial score (nSPS) is 10.8. The fraction of sp³-hybridized carbons (Fsp3) is 0.0833. The number of nitrogens with zero attached hydrogens (tertiary/aromatic N) is 3. The van der Waals surface area contributed by atoms with E-state index in [1.54, 1.807) is 21.8 Å². The van der Waals surface area contributed by atoms with E-state index in [2.05, 4.69) is 16.3 Å². The highest BCUT2D eigenvalue weighted by atomic mass is 32.1. The van der Waals surface area contributed by atoms with Crippen molar-refractivity contribution in [2.45, 2.75) is 6.42 Å². The molecule has 0 unspecified atom stereocenters. The van der Waals surface area contributed by atoms with Crippen molar-refractivity contribution in [1.29, 1.82) is 0 Å². The largest absolute Gasteiger partial charge is 0.296 e. The van der Waals surface area contributed by atoms with Crippen LogP contribution in [0, 0.1) is 0 Å². The molecule has 3 aromatic rings. The number of hydrogen-bond donors (Lipinski definition) is 0. The fourth-order valence-corrected chi connectivity index (χ4v) is 2.50. The van der Waals surface area contributed by atoms with Crippen molar-refractivity contribution < 1.29 is 4.79 Å². The zero-order valence-corrected chi connectivity index (χ0v) is 9.72. The molecule has 0 aliphatic carbocycles. The van der Waals surface area contributed by atoms with Crippen LogP contribution in [0.1, 0.15) is 21.2 Å². The van der Waals surface area contributed by atoms with Gasteiger partial charge in [-0.1, -0.05) is 12.1 Å². The van der Waals surface area contributed by atoms with Crippen molar-refractivity contribution in [3.63, 3.8) is 0 Å². The first-order valence-corrected chi connectivity index (χ1v) is 6.07. The highest BCUT2D eigenvalue weighted by Crippen LogP contribution is 2.15. The maximum atomic E-state index is 11.0. The molecule has 4 nitrogen and oxygen atoms in total. The van der Waals surface area contributed by atoms with Gasteiger partial charge in [-0.3, -0.25) is 9.20 Å². The van der Waals surface area contributed by atoms with Crippen LogP contribution in [0.3, 0.4) is 0 Å². The van der Waals surface area contributed by atoms with E-state index in [1.165, 1.54) is 4.88 Å². The number of thiophene rings is 1. The Hall–Kier alpha value is -2.01. The van der Waals surface area contributed by atoms with Crippen LogP contribution < -0.4 is 0 Å². The lowest BCUT2D eigenvalue weighted by Crippen LogP contribution is -2.00. The zero-order valence-electron chi connectivity index (χ0n) is 8.91. The van der Waals surface area contributed by atoms with Crippen molar-refractivity contribution >= 4 is 23.3 Å². The summed E-state index contributed by atoms with van der Waals surface area (Å²) in [4.78, 5) is 12.2. The number of carbonyl (C=O) groups is 1. The van der Waals surface area contributed by atoms with Crippen LogP contribution in [0.5, 0.6) is 0 Å². The van der Waals surface area contributed by atoms with Crippen LogP contribution in [-0.2, 0) is 6.42 Å². The molecule has 0 bridgehead atoms. The summed E-state index contributed by atoms with van der Waals surface area (Å²) >= 11 is 1.67. The lowest BCUT2D eigenvalue weighted by molar-refractivity contribution is 0.111. The molecule has 3 rings (SSSR count). The Bertz CT molecular complexity index is 658. The van der Waals surface area contributed by atoms with Crippen LogP contribution in [-0.4, -0.2) is 20.9 Å². The van der Waals surface area contributed by atoms with Gasteiger partial charge in [0.1, 0.15) is 5.82 Å². The molecule has 3 heterocycles. The maximum absolute atomic E-state index is 11.0. The maximum Gasteiger partial charge on any atom is 0.166 e. The Morgan fingerprint density at radius 3 is 2.94 bits per heavy atom. The van der Waals surface area contributed by atoms with Crippen LogP contribution in [0.4, 0.5) is 0 Å². The quantitative estimate of drug-likeness (QED) is 0.662. The third-order valence-electron chi connectivity index (χ3n) is 2.56. The summed E-state index contributed by atoms with van der Waals surface area (Å²) in [6.45, 7) is 0. The number of rotatable bonds is 3. The summed E-state index contributed by atoms with van der Waals surface area (Å²) in [6, 6.07) is 9.47. The smallest absolute Gasteiger partial charge is 0.166 e. The van der Waals surface area contributed by atoms with Gasteiger partial charge in [0, 0.05) is 11.3 Å². The van der Waals surface area contributed by atoms with Gasteiger partial charge in [0.2, 0.25) is 0 Å². The molecule has 17 heavy (non-hydrogen) atoms. The standard InChI is InChI=1S/C12H9N3OS/c16-8-9-3-1-5-11-13-14-12(15(9)11)7-10-4-2-6-17-10/h1-6,8H,7H2. The summed E-state index contributed by atoms with van der Waals surface area (Å²) in [5, 5.41) is 10.2. The second-order valence-electron chi connectivity index (χ2n) is 3.63. The van der Waals surface area contributed by atoms with Gasteiger partial charge in [0.25, 0.3) is 0 Å². The molecule has 0 radical (unpaired) electrons. The van der Waals surface area contributed by atoms with E-state index in [0.29, 0.717) is 17.8 Å². The number of pyridine rings is 1. The third kappa shape index (κ3) is 1.74. The minimum Gasteiger partial charge on any atom is -0.296 e. The lowest BCUT2D eigenvalue weighted by atomic mass is 10.3. The molecular formula is C12H9N3OS. The number of hydrogen-bond acceptors (Lipinski definition) is 4. The topological polar surface area (TPSA) is 47.3 Å². The Balaban J connectivity index is 2.13. The monoisotopic (exact) mass is 243 g/mol. The number of aromatic nitrogens is 3. The average molecular weight is 243 g/mol. The highest BCUT2D eigenvalue weighted by Gasteiger charge is 2.09. The molecule has 0 saturated heterocycles. The molecule has 0 aromatic carbocycles. The predicted molar refractivity (Wildman–Crippen MR) is 65.5 cm³/mol. The van der Waals surface area contributed by atoms with Gasteiger partial charge in [-0.25, -0.2) is 0 Å². The van der Waals surface area contributed by atoms with Gasteiger partial charge in [0.15, 0.2) is 11.9 Å². The minimum atomic E-state index is 0.582. The first-order valence-electron chi connectivity index (χ1n) is 5.19. The van der Waals surface area contributed by atoms with E-state index in [1.807, 2.05) is 23.6 Å². The van der Waals surface area contributed by atoms with Gasteiger partial charge in [-0.2, -0.15) is 0 Å². The second-order valence-corrected chi connectivity index (χ2v) is 4.67. The van der Waals surface area contributed by atoms with Crippen LogP contribution >= 0.6 is 11.3 Å². The van der Waals surface area contributed by atoms with E-state index in [0.717, 1.165) is 12.1 Å². The summed E-state index contributed by atoms with van der Waals surface area (Å²) in [7, 11) is 0. The predicted octanol–water partition coefficient (Wildman–Crippen LogP) is 2.19. The Kier molecular flexibility index (Phi) is 2.45. The first kappa shape index (κ1) is 10.2. The lowest BCUT2D eigenvalue weighted by Gasteiger charge is -2.00. The first-order chi connectivity index (χ1) is 8.38. The summed E-state index contributed by atoms with van der Waals surface area (Å²) in [5.74, 6) is 0.796. The van der Waals surface area contributed by atoms with E-state index in [9.17, 15) is 4.79 Å². The van der Waals surface area contributed by atoms with E-state index >= 15 is 0 Å². The van der Waals surface area contributed by atoms with E-state index in [-0.39, 0.29) is 0 Å². The molecule has 0 spiro atoms. The Morgan fingerprint density at radius 2 is 2.18 bits per heavy atom. The molecule has 0 saturated carbocycles. The summed E-state index contributed by atoms with van der Waals surface area (Å²) in [6.07, 6.45) is 1.53. The number of fused-ring (bicyclic) bond motifs is 1. The minimum absolute atomic E-state index is 0.582. The SMILES string of the molecule is O=Cc1cccc2nnc(Cc3cccs3)n12. The van der Waals surface area contributed by atoms with Crippen LogP contribution in [0.25, 0.3) is 5.65 Å². The van der Waals surface area contributed by atoms with Gasteiger partial charge < -0.3 is 0 Å². The molecule has 0 aliphatic heterocycles. The van der Waals surface area contributed by atoms with Crippen molar-refractivity contribution in [1.82, 2.24) is 14.6 Å². The van der Waals surface area contributed by atoms with Gasteiger partial charge in [-0.15, -0.1) is 21.5 Å². The van der Waals surface area contributed by atoms with Crippen molar-refractivity contribution in [2.24, 2.45) is 0 Å². The highest BCUT2D eigenvalue weighted by molar-refractivity contribution is 7.09. The Labute approximate surface area is 102 Å². The van der Waals surface area contributed by atoms with Crippen molar-refractivity contribution in [2.75, 3.05) is 0 Å². The van der Waals surface area contributed by atoms with Gasteiger partial charge >= 0.3 is 0 Å². The molecule has 0 fully saturated rings. The molecule has 84 valence electrons. The van der Waals surface area contributed by atoms with Gasteiger partial charge in [0.05, 0.1) is 5.69 Å². The molecule has 0 aliphatic rings. The zero-order chi connectivity index (χ0) is 11.7. The van der Waals surface area contributed by atoms with Crippen LogP contribution in [0.15, 0.2) is 35.7 Å². The summed E-state index contributed by atoms with van der Waals surface area (Å²) in [5.41, 5.74) is 1.29. The molecule has 0 N–H and O–H groups in total. The summed E-state index contributed by atoms with van der Waals surface area (Å²) < 4.78 is 1.80. The van der Waals surface area contributed by atoms with Gasteiger partial charge in [-0.05, 0) is 23.6 Å². The Morgan fingerprint density at radius 1 is 1.24 bits per heavy atom. The molecule has 5 heteroatoms. The molecule has 3 aromatic heterocycles. The average Bonchev–Trinajstić information content (AvgIpc) is 2.99. The molecular weight excluding hydrogens is 234 g/mol. The third-order valence-corrected chi connectivity index (χ3v) is 3.44. The van der Waals surface area contributed by atoms with Crippen molar-refractivity contribution in [3.05, 3.63) is 52.1 Å².